The molecule has 0 radical (unpaired) electrons. The van der Waals surface area contributed by atoms with Gasteiger partial charge in [-0.2, -0.15) is 11.8 Å². The molecule has 1 amide bonds. The van der Waals surface area contributed by atoms with E-state index in [2.05, 4.69) is 22.3 Å². The average Bonchev–Trinajstić information content (AvgIpc) is 3.00. The molecule has 1 aliphatic rings. The van der Waals surface area contributed by atoms with Crippen molar-refractivity contribution >= 4 is 34.1 Å². The second kappa shape index (κ2) is 6.72. The van der Waals surface area contributed by atoms with Crippen LogP contribution in [0, 0.1) is 0 Å². The predicted molar refractivity (Wildman–Crippen MR) is 83.0 cm³/mol. The van der Waals surface area contributed by atoms with Crippen LogP contribution >= 0.6 is 23.1 Å². The van der Waals surface area contributed by atoms with Gasteiger partial charge in [0.1, 0.15) is 0 Å². The minimum Gasteiger partial charge on any atom is -0.297 e. The quantitative estimate of drug-likeness (QED) is 0.837. The molecule has 1 saturated heterocycles. The van der Waals surface area contributed by atoms with Gasteiger partial charge < -0.3 is 0 Å². The molecule has 106 valence electrons. The molecule has 0 aliphatic carbocycles. The number of amides is 1. The molecule has 1 atom stereocenters. The van der Waals surface area contributed by atoms with E-state index < -0.39 is 0 Å². The maximum absolute atomic E-state index is 11.5. The van der Waals surface area contributed by atoms with Crippen molar-refractivity contribution in [2.45, 2.75) is 32.9 Å². The number of aromatic nitrogens is 1. The highest BCUT2D eigenvalue weighted by atomic mass is 32.2. The van der Waals surface area contributed by atoms with Crippen molar-refractivity contribution in [2.24, 2.45) is 0 Å². The van der Waals surface area contributed by atoms with E-state index in [-0.39, 0.29) is 5.91 Å². The Balaban J connectivity index is 1.98. The predicted octanol–water partition coefficient (Wildman–Crippen LogP) is 2.45. The first-order valence-corrected chi connectivity index (χ1v) is 8.65. The number of nitrogens with zero attached hydrogens (tertiary/aromatic N) is 3. The molecule has 0 spiro atoms. The lowest BCUT2D eigenvalue weighted by molar-refractivity contribution is -0.116. The van der Waals surface area contributed by atoms with Crippen LogP contribution in [0.5, 0.6) is 0 Å². The normalized spacial score (nSPS) is 19.1. The summed E-state index contributed by atoms with van der Waals surface area (Å²) >= 11 is 3.58. The van der Waals surface area contributed by atoms with Gasteiger partial charge in [-0.15, -0.1) is 11.3 Å². The Bertz CT molecular complexity index is 429. The third kappa shape index (κ3) is 3.70. The molecule has 1 aromatic rings. The van der Waals surface area contributed by atoms with E-state index in [4.69, 9.17) is 0 Å². The van der Waals surface area contributed by atoms with E-state index in [1.165, 1.54) is 17.9 Å². The molecule has 1 fully saturated rings. The molecule has 0 unspecified atom stereocenters. The van der Waals surface area contributed by atoms with Gasteiger partial charge in [0, 0.05) is 37.2 Å². The maximum Gasteiger partial charge on any atom is 0.225 e. The average molecular weight is 299 g/mol. The van der Waals surface area contributed by atoms with Crippen LogP contribution in [0.1, 0.15) is 26.0 Å². The number of hydrogen-bond donors (Lipinski definition) is 0. The fraction of sp³-hybridized carbons (Fsp3) is 0.692. The summed E-state index contributed by atoms with van der Waals surface area (Å²) in [7, 11) is 2.16. The van der Waals surface area contributed by atoms with E-state index in [1.807, 2.05) is 18.7 Å². The second-order valence-corrected chi connectivity index (χ2v) is 6.80. The van der Waals surface area contributed by atoms with E-state index >= 15 is 0 Å². The lowest BCUT2D eigenvalue weighted by Crippen LogP contribution is -2.31. The molecule has 1 aromatic heterocycles. The zero-order valence-corrected chi connectivity index (χ0v) is 13.4. The summed E-state index contributed by atoms with van der Waals surface area (Å²) in [5.41, 5.74) is 1.07. The summed E-state index contributed by atoms with van der Waals surface area (Å²) in [6.07, 6.45) is 1.27. The van der Waals surface area contributed by atoms with Gasteiger partial charge in [0.15, 0.2) is 5.13 Å². The first-order valence-electron chi connectivity index (χ1n) is 6.62. The summed E-state index contributed by atoms with van der Waals surface area (Å²) in [5.74, 6) is 2.55. The van der Waals surface area contributed by atoms with Gasteiger partial charge in [0.05, 0.1) is 5.69 Å². The van der Waals surface area contributed by atoms with Crippen molar-refractivity contribution < 1.29 is 4.79 Å². The largest absolute Gasteiger partial charge is 0.297 e. The summed E-state index contributed by atoms with van der Waals surface area (Å²) in [5, 5.41) is 2.89. The van der Waals surface area contributed by atoms with Gasteiger partial charge in [0.2, 0.25) is 5.91 Å². The van der Waals surface area contributed by atoms with E-state index in [1.54, 1.807) is 23.2 Å². The van der Waals surface area contributed by atoms with Crippen LogP contribution in [0.25, 0.3) is 0 Å². The first-order chi connectivity index (χ1) is 9.11. The highest BCUT2D eigenvalue weighted by Crippen LogP contribution is 2.25. The maximum atomic E-state index is 11.5. The highest BCUT2D eigenvalue weighted by molar-refractivity contribution is 7.99. The Labute approximate surface area is 123 Å². The summed E-state index contributed by atoms with van der Waals surface area (Å²) in [4.78, 5) is 20.2. The number of carbonyl (C=O) groups excluding carboxylic acids is 1. The summed E-state index contributed by atoms with van der Waals surface area (Å²) in [6.45, 7) is 5.12. The van der Waals surface area contributed by atoms with Crippen LogP contribution in [0.4, 0.5) is 5.13 Å². The Morgan fingerprint density at radius 1 is 1.58 bits per heavy atom. The van der Waals surface area contributed by atoms with Gasteiger partial charge in [-0.1, -0.05) is 0 Å². The first kappa shape index (κ1) is 14.8. The van der Waals surface area contributed by atoms with Gasteiger partial charge in [-0.05, 0) is 26.1 Å². The number of hydrogen-bond acceptors (Lipinski definition) is 5. The molecular weight excluding hydrogens is 278 g/mol. The van der Waals surface area contributed by atoms with Crippen molar-refractivity contribution in [2.75, 3.05) is 30.0 Å². The van der Waals surface area contributed by atoms with Gasteiger partial charge in [0.25, 0.3) is 0 Å². The molecule has 1 aliphatic heterocycles. The Morgan fingerprint density at radius 3 is 2.95 bits per heavy atom. The van der Waals surface area contributed by atoms with Crippen LogP contribution in [-0.2, 0) is 11.3 Å². The molecule has 2 heterocycles. The molecule has 0 aromatic carbocycles. The molecule has 2 rings (SSSR count). The van der Waals surface area contributed by atoms with Crippen LogP contribution in [0.15, 0.2) is 5.38 Å². The van der Waals surface area contributed by atoms with Crippen LogP contribution < -0.4 is 4.90 Å². The summed E-state index contributed by atoms with van der Waals surface area (Å²) < 4.78 is 0. The topological polar surface area (TPSA) is 36.4 Å². The third-order valence-electron chi connectivity index (χ3n) is 3.41. The Kier molecular flexibility index (Phi) is 5.24. The van der Waals surface area contributed by atoms with Crippen molar-refractivity contribution in [3.05, 3.63) is 11.1 Å². The molecule has 0 bridgehead atoms. The monoisotopic (exact) mass is 299 g/mol. The highest BCUT2D eigenvalue weighted by Gasteiger charge is 2.21. The SMILES string of the molecule is CCN(C(C)=O)c1nc(CN(C)[C@H]2CCSC2)cs1. The number of rotatable bonds is 5. The minimum absolute atomic E-state index is 0.0592. The molecule has 0 N–H and O–H groups in total. The molecular formula is C13H21N3OS2. The lowest BCUT2D eigenvalue weighted by Gasteiger charge is -2.22. The fourth-order valence-electron chi connectivity index (χ4n) is 2.24. The Morgan fingerprint density at radius 2 is 2.37 bits per heavy atom. The fourth-order valence-corrected chi connectivity index (χ4v) is 4.46. The molecule has 0 saturated carbocycles. The molecule has 4 nitrogen and oxygen atoms in total. The summed E-state index contributed by atoms with van der Waals surface area (Å²) in [6, 6.07) is 0.672. The number of thioether (sulfide) groups is 1. The third-order valence-corrected chi connectivity index (χ3v) is 5.46. The van der Waals surface area contributed by atoms with Gasteiger partial charge >= 0.3 is 0 Å². The van der Waals surface area contributed by atoms with Gasteiger partial charge in [-0.3, -0.25) is 14.6 Å². The second-order valence-electron chi connectivity index (χ2n) is 4.82. The smallest absolute Gasteiger partial charge is 0.225 e. The zero-order chi connectivity index (χ0) is 13.8. The zero-order valence-electron chi connectivity index (χ0n) is 11.8. The van der Waals surface area contributed by atoms with E-state index in [0.717, 1.165) is 17.4 Å². The van der Waals surface area contributed by atoms with Crippen LogP contribution in [0.2, 0.25) is 0 Å². The number of anilines is 1. The standard InChI is InChI=1S/C13H21N3OS2/c1-4-16(10(2)17)13-14-11(8-19-13)7-15(3)12-5-6-18-9-12/h8,12H,4-7,9H2,1-3H3/t12-/m0/s1. The van der Waals surface area contributed by atoms with Crippen LogP contribution in [0.3, 0.4) is 0 Å². The van der Waals surface area contributed by atoms with E-state index in [0.29, 0.717) is 12.6 Å². The number of thiazole rings is 1. The molecule has 6 heteroatoms. The van der Waals surface area contributed by atoms with Crippen molar-refractivity contribution in [3.8, 4) is 0 Å². The Hall–Kier alpha value is -0.590. The van der Waals surface area contributed by atoms with Crippen LogP contribution in [-0.4, -0.2) is 46.9 Å². The van der Waals surface area contributed by atoms with Gasteiger partial charge in [-0.25, -0.2) is 4.98 Å². The molecule has 19 heavy (non-hydrogen) atoms. The van der Waals surface area contributed by atoms with E-state index in [9.17, 15) is 4.79 Å². The minimum atomic E-state index is 0.0592. The number of carbonyl (C=O) groups is 1. The van der Waals surface area contributed by atoms with Crippen molar-refractivity contribution in [1.29, 1.82) is 0 Å². The lowest BCUT2D eigenvalue weighted by atomic mass is 10.2. The van der Waals surface area contributed by atoms with Crippen molar-refractivity contribution in [1.82, 2.24) is 9.88 Å². The van der Waals surface area contributed by atoms with Crippen molar-refractivity contribution in [3.63, 3.8) is 0 Å².